The van der Waals surface area contributed by atoms with E-state index in [0.29, 0.717) is 5.75 Å². The zero-order valence-electron chi connectivity index (χ0n) is 12.3. The topological polar surface area (TPSA) is 65.2 Å². The Morgan fingerprint density at radius 3 is 2.78 bits per heavy atom. The number of pyridine rings is 1. The van der Waals surface area contributed by atoms with Gasteiger partial charge in [-0.05, 0) is 41.5 Å². The molecule has 1 heterocycles. The van der Waals surface area contributed by atoms with Crippen molar-refractivity contribution < 1.29 is 13.9 Å². The van der Waals surface area contributed by atoms with Crippen LogP contribution in [0, 0.1) is 5.82 Å². The van der Waals surface area contributed by atoms with Gasteiger partial charge in [0.05, 0.1) is 11.9 Å². The fraction of sp³-hybridized carbons (Fsp3) is 0.111. The Hall–Kier alpha value is -2.95. The number of benzene rings is 2. The van der Waals surface area contributed by atoms with Crippen LogP contribution in [0.2, 0.25) is 0 Å². The van der Waals surface area contributed by atoms with Crippen molar-refractivity contribution in [3.05, 3.63) is 71.7 Å². The lowest BCUT2D eigenvalue weighted by atomic mass is 10.1. The van der Waals surface area contributed by atoms with E-state index in [0.717, 1.165) is 22.0 Å². The normalized spacial score (nSPS) is 10.7. The molecule has 23 heavy (non-hydrogen) atoms. The van der Waals surface area contributed by atoms with Crippen molar-refractivity contribution in [3.8, 4) is 5.75 Å². The van der Waals surface area contributed by atoms with E-state index in [1.54, 1.807) is 18.3 Å². The first-order chi connectivity index (χ1) is 11.1. The monoisotopic (exact) mass is 310 g/mol. The number of carbonyl (C=O) groups is 1. The van der Waals surface area contributed by atoms with Crippen molar-refractivity contribution >= 4 is 16.8 Å². The van der Waals surface area contributed by atoms with E-state index in [1.807, 2.05) is 24.3 Å². The fourth-order valence-electron chi connectivity index (χ4n) is 2.33. The van der Waals surface area contributed by atoms with Crippen molar-refractivity contribution in [2.45, 2.75) is 13.0 Å². The average molecular weight is 310 g/mol. The van der Waals surface area contributed by atoms with Crippen LogP contribution in [0.1, 0.15) is 11.1 Å². The maximum Gasteiger partial charge on any atom is 0.221 e. The Morgan fingerprint density at radius 1 is 1.13 bits per heavy atom. The molecule has 0 unspecified atom stereocenters. The number of rotatable bonds is 5. The number of nitrogens with two attached hydrogens (primary N) is 1. The highest BCUT2D eigenvalue weighted by Gasteiger charge is 2.04. The molecule has 4 nitrogen and oxygen atoms in total. The van der Waals surface area contributed by atoms with E-state index in [2.05, 4.69) is 4.98 Å². The van der Waals surface area contributed by atoms with Crippen LogP contribution in [0.3, 0.4) is 0 Å². The van der Waals surface area contributed by atoms with Gasteiger partial charge in [-0.3, -0.25) is 9.78 Å². The summed E-state index contributed by atoms with van der Waals surface area (Å²) in [6.07, 6.45) is 1.80. The first kappa shape index (κ1) is 15.0. The van der Waals surface area contributed by atoms with Crippen LogP contribution < -0.4 is 10.5 Å². The smallest absolute Gasteiger partial charge is 0.221 e. The van der Waals surface area contributed by atoms with Gasteiger partial charge in [-0.2, -0.15) is 0 Å². The third-order valence-electron chi connectivity index (χ3n) is 3.39. The summed E-state index contributed by atoms with van der Waals surface area (Å²) in [5, 5.41) is 0.904. The molecule has 2 N–H and O–H groups in total. The Bertz CT molecular complexity index is 865. The molecule has 0 saturated heterocycles. The lowest BCUT2D eigenvalue weighted by Crippen LogP contribution is -2.13. The Kier molecular flexibility index (Phi) is 4.19. The summed E-state index contributed by atoms with van der Waals surface area (Å²) in [6.45, 7) is 0.281. The van der Waals surface area contributed by atoms with Crippen LogP contribution in [-0.4, -0.2) is 10.9 Å². The van der Waals surface area contributed by atoms with Gasteiger partial charge < -0.3 is 10.5 Å². The van der Waals surface area contributed by atoms with E-state index in [4.69, 9.17) is 10.5 Å². The summed E-state index contributed by atoms with van der Waals surface area (Å²) in [6, 6.07) is 13.7. The summed E-state index contributed by atoms with van der Waals surface area (Å²) in [5.41, 5.74) is 7.48. The minimum Gasteiger partial charge on any atom is -0.489 e. The molecule has 0 aliphatic heterocycles. The van der Waals surface area contributed by atoms with Crippen molar-refractivity contribution in [1.82, 2.24) is 4.98 Å². The number of hydrogen-bond donors (Lipinski definition) is 1. The zero-order chi connectivity index (χ0) is 16.2. The molecule has 0 aliphatic rings. The van der Waals surface area contributed by atoms with Crippen molar-refractivity contribution in [3.63, 3.8) is 0 Å². The molecule has 0 atom stereocenters. The summed E-state index contributed by atoms with van der Waals surface area (Å²) < 4.78 is 18.8. The number of ether oxygens (including phenoxy) is 1. The molecule has 116 valence electrons. The maximum absolute atomic E-state index is 13.1. The number of hydrogen-bond acceptors (Lipinski definition) is 3. The van der Waals surface area contributed by atoms with E-state index >= 15 is 0 Å². The molecule has 1 amide bonds. The van der Waals surface area contributed by atoms with Gasteiger partial charge in [0.1, 0.15) is 18.2 Å². The van der Waals surface area contributed by atoms with Crippen molar-refractivity contribution in [2.75, 3.05) is 0 Å². The van der Waals surface area contributed by atoms with Crippen LogP contribution in [0.15, 0.2) is 54.7 Å². The van der Waals surface area contributed by atoms with Gasteiger partial charge in [-0.1, -0.05) is 12.1 Å². The third kappa shape index (κ3) is 3.83. The highest BCUT2D eigenvalue weighted by atomic mass is 19.1. The second kappa shape index (κ2) is 6.44. The quantitative estimate of drug-likeness (QED) is 0.788. The Balaban J connectivity index is 1.76. The molecule has 0 saturated carbocycles. The maximum atomic E-state index is 13.1. The van der Waals surface area contributed by atoms with Gasteiger partial charge in [0.2, 0.25) is 5.91 Å². The number of amides is 1. The van der Waals surface area contributed by atoms with E-state index in [-0.39, 0.29) is 24.8 Å². The molecule has 3 rings (SSSR count). The minimum atomic E-state index is -0.388. The number of aromatic nitrogens is 1. The van der Waals surface area contributed by atoms with Crippen LogP contribution in [0.4, 0.5) is 4.39 Å². The van der Waals surface area contributed by atoms with Crippen LogP contribution >= 0.6 is 0 Å². The van der Waals surface area contributed by atoms with Gasteiger partial charge in [-0.25, -0.2) is 4.39 Å². The molecule has 0 fully saturated rings. The third-order valence-corrected chi connectivity index (χ3v) is 3.39. The predicted octanol–water partition coefficient (Wildman–Crippen LogP) is 2.98. The Morgan fingerprint density at radius 2 is 2.00 bits per heavy atom. The van der Waals surface area contributed by atoms with E-state index in [1.165, 1.54) is 12.1 Å². The van der Waals surface area contributed by atoms with Gasteiger partial charge in [0.25, 0.3) is 0 Å². The minimum absolute atomic E-state index is 0.167. The molecular weight excluding hydrogens is 295 g/mol. The van der Waals surface area contributed by atoms with Crippen molar-refractivity contribution in [1.29, 1.82) is 0 Å². The summed E-state index contributed by atoms with van der Waals surface area (Å²) in [5.74, 6) is -0.0219. The summed E-state index contributed by atoms with van der Waals surface area (Å²) in [7, 11) is 0. The molecular formula is C18H15FN2O2. The molecule has 1 aromatic heterocycles. The molecule has 3 aromatic rings. The van der Waals surface area contributed by atoms with Gasteiger partial charge in [0, 0.05) is 17.6 Å². The molecule has 0 radical (unpaired) electrons. The first-order valence-electron chi connectivity index (χ1n) is 7.14. The molecule has 2 aromatic carbocycles. The SMILES string of the molecule is NC(=O)Cc1cnc2cc(OCc3cccc(F)c3)ccc2c1. The van der Waals surface area contributed by atoms with Crippen LogP contribution in [0.5, 0.6) is 5.75 Å². The molecule has 5 heteroatoms. The summed E-state index contributed by atoms with van der Waals surface area (Å²) >= 11 is 0. The largest absolute Gasteiger partial charge is 0.489 e. The number of primary amides is 1. The first-order valence-corrected chi connectivity index (χ1v) is 7.14. The zero-order valence-corrected chi connectivity index (χ0v) is 12.3. The highest BCUT2D eigenvalue weighted by molar-refractivity contribution is 5.82. The van der Waals surface area contributed by atoms with Gasteiger partial charge in [0.15, 0.2) is 0 Å². The van der Waals surface area contributed by atoms with Crippen LogP contribution in [0.25, 0.3) is 10.9 Å². The van der Waals surface area contributed by atoms with Gasteiger partial charge in [-0.15, -0.1) is 0 Å². The van der Waals surface area contributed by atoms with Crippen LogP contribution in [-0.2, 0) is 17.8 Å². The van der Waals surface area contributed by atoms with E-state index < -0.39 is 0 Å². The predicted molar refractivity (Wildman–Crippen MR) is 85.4 cm³/mol. The average Bonchev–Trinajstić information content (AvgIpc) is 2.52. The number of fused-ring (bicyclic) bond motifs is 1. The highest BCUT2D eigenvalue weighted by Crippen LogP contribution is 2.21. The number of carbonyl (C=O) groups excluding carboxylic acids is 1. The molecule has 0 aliphatic carbocycles. The standard InChI is InChI=1S/C18H15FN2O2/c19-15-3-1-2-12(7-15)11-23-16-5-4-14-6-13(8-18(20)22)10-21-17(14)9-16/h1-7,9-10H,8,11H2,(H2,20,22). The van der Waals surface area contributed by atoms with Gasteiger partial charge >= 0.3 is 0 Å². The molecule has 0 bridgehead atoms. The lowest BCUT2D eigenvalue weighted by Gasteiger charge is -2.08. The fourth-order valence-corrected chi connectivity index (χ4v) is 2.33. The second-order valence-corrected chi connectivity index (χ2v) is 5.26. The number of halogens is 1. The van der Waals surface area contributed by atoms with Crippen molar-refractivity contribution in [2.24, 2.45) is 5.73 Å². The molecule has 0 spiro atoms. The Labute approximate surface area is 132 Å². The summed E-state index contributed by atoms with van der Waals surface area (Å²) in [4.78, 5) is 15.3. The second-order valence-electron chi connectivity index (χ2n) is 5.26. The number of nitrogens with zero attached hydrogens (tertiary/aromatic N) is 1. The lowest BCUT2D eigenvalue weighted by molar-refractivity contribution is -0.117. The van der Waals surface area contributed by atoms with E-state index in [9.17, 15) is 9.18 Å².